The van der Waals surface area contributed by atoms with E-state index in [2.05, 4.69) is 5.32 Å². The fourth-order valence-electron chi connectivity index (χ4n) is 2.30. The van der Waals surface area contributed by atoms with Crippen molar-refractivity contribution in [3.63, 3.8) is 0 Å². The highest BCUT2D eigenvalue weighted by atomic mass is 19.1. The van der Waals surface area contributed by atoms with Crippen LogP contribution in [0.15, 0.2) is 18.2 Å². The Balaban J connectivity index is 2.14. The molecule has 6 heteroatoms. The fourth-order valence-corrected chi connectivity index (χ4v) is 2.30. The first-order valence-electron chi connectivity index (χ1n) is 6.74. The van der Waals surface area contributed by atoms with Crippen LogP contribution in [0.5, 0.6) is 0 Å². The van der Waals surface area contributed by atoms with Gasteiger partial charge in [-0.1, -0.05) is 0 Å². The lowest BCUT2D eigenvalue weighted by Crippen LogP contribution is -2.44. The van der Waals surface area contributed by atoms with Gasteiger partial charge in [0.05, 0.1) is 5.92 Å². The molecule has 4 nitrogen and oxygen atoms in total. The summed E-state index contributed by atoms with van der Waals surface area (Å²) in [5, 5.41) is 2.81. The lowest BCUT2D eigenvalue weighted by molar-refractivity contribution is -0.127. The van der Waals surface area contributed by atoms with E-state index in [4.69, 9.17) is 0 Å². The monoisotopic (exact) mass is 296 g/mol. The maximum absolute atomic E-state index is 13.2. The first kappa shape index (κ1) is 15.4. The summed E-state index contributed by atoms with van der Waals surface area (Å²) in [7, 11) is 0. The van der Waals surface area contributed by atoms with E-state index in [1.807, 2.05) is 20.8 Å². The maximum atomic E-state index is 13.2. The average Bonchev–Trinajstić information content (AvgIpc) is 2.68. The van der Waals surface area contributed by atoms with Crippen LogP contribution in [0.25, 0.3) is 0 Å². The molecule has 114 valence electrons. The number of nitrogens with one attached hydrogen (secondary N) is 1. The van der Waals surface area contributed by atoms with E-state index in [9.17, 15) is 18.4 Å². The van der Waals surface area contributed by atoms with Gasteiger partial charge in [0.1, 0.15) is 11.6 Å². The largest absolute Gasteiger partial charge is 0.351 e. The lowest BCUT2D eigenvalue weighted by atomic mass is 10.0. The van der Waals surface area contributed by atoms with Gasteiger partial charge in [-0.2, -0.15) is 0 Å². The Bertz CT molecular complexity index is 561. The first-order valence-corrected chi connectivity index (χ1v) is 6.74. The lowest BCUT2D eigenvalue weighted by Gasteiger charge is -2.23. The summed E-state index contributed by atoms with van der Waals surface area (Å²) in [5.41, 5.74) is -0.248. The Morgan fingerprint density at radius 3 is 2.33 bits per heavy atom. The predicted molar refractivity (Wildman–Crippen MR) is 74.7 cm³/mol. The zero-order valence-electron chi connectivity index (χ0n) is 12.2. The zero-order valence-corrected chi connectivity index (χ0v) is 12.2. The van der Waals surface area contributed by atoms with Crippen LogP contribution in [0.1, 0.15) is 27.2 Å². The minimum absolute atomic E-state index is 0.0417. The summed E-state index contributed by atoms with van der Waals surface area (Å²) < 4.78 is 26.5. The third-order valence-electron chi connectivity index (χ3n) is 3.15. The molecule has 0 bridgehead atoms. The molecule has 0 spiro atoms. The van der Waals surface area contributed by atoms with Gasteiger partial charge in [0.2, 0.25) is 11.8 Å². The second-order valence-corrected chi connectivity index (χ2v) is 6.27. The molecular weight excluding hydrogens is 278 g/mol. The maximum Gasteiger partial charge on any atom is 0.227 e. The third-order valence-corrected chi connectivity index (χ3v) is 3.15. The van der Waals surface area contributed by atoms with Crippen molar-refractivity contribution in [2.45, 2.75) is 32.7 Å². The average molecular weight is 296 g/mol. The zero-order chi connectivity index (χ0) is 15.8. The summed E-state index contributed by atoms with van der Waals surface area (Å²) >= 11 is 0. The number of hydrogen-bond acceptors (Lipinski definition) is 2. The second kappa shape index (κ2) is 5.42. The molecule has 1 aromatic carbocycles. The van der Waals surface area contributed by atoms with Gasteiger partial charge in [0.15, 0.2) is 0 Å². The van der Waals surface area contributed by atoms with Crippen LogP contribution >= 0.6 is 0 Å². The number of rotatable bonds is 2. The first-order chi connectivity index (χ1) is 9.65. The number of hydrogen-bond donors (Lipinski definition) is 1. The Hall–Kier alpha value is -1.98. The van der Waals surface area contributed by atoms with Gasteiger partial charge < -0.3 is 10.2 Å². The van der Waals surface area contributed by atoms with E-state index in [1.54, 1.807) is 0 Å². The van der Waals surface area contributed by atoms with Crippen molar-refractivity contribution >= 4 is 17.5 Å². The summed E-state index contributed by atoms with van der Waals surface area (Å²) in [5.74, 6) is -2.55. The molecule has 1 aliphatic heterocycles. The number of halogens is 2. The molecule has 1 unspecified atom stereocenters. The topological polar surface area (TPSA) is 49.4 Å². The molecule has 1 saturated heterocycles. The number of carbonyl (C=O) groups is 2. The van der Waals surface area contributed by atoms with Crippen LogP contribution in [0.4, 0.5) is 14.5 Å². The molecule has 1 aliphatic rings. The van der Waals surface area contributed by atoms with Gasteiger partial charge in [0, 0.05) is 30.3 Å². The minimum Gasteiger partial charge on any atom is -0.351 e. The van der Waals surface area contributed by atoms with Crippen molar-refractivity contribution in [1.82, 2.24) is 5.32 Å². The van der Waals surface area contributed by atoms with Gasteiger partial charge in [-0.25, -0.2) is 8.78 Å². The molecule has 0 radical (unpaired) electrons. The van der Waals surface area contributed by atoms with E-state index in [0.29, 0.717) is 0 Å². The number of amides is 2. The molecule has 21 heavy (non-hydrogen) atoms. The van der Waals surface area contributed by atoms with E-state index in [1.165, 1.54) is 4.90 Å². The molecule has 0 aromatic heterocycles. The van der Waals surface area contributed by atoms with Crippen molar-refractivity contribution in [3.05, 3.63) is 29.8 Å². The molecule has 1 heterocycles. The van der Waals surface area contributed by atoms with E-state index in [-0.39, 0.29) is 30.5 Å². The normalized spacial score (nSPS) is 19.0. The Labute approximate surface area is 122 Å². The highest BCUT2D eigenvalue weighted by Gasteiger charge is 2.36. The summed E-state index contributed by atoms with van der Waals surface area (Å²) in [4.78, 5) is 25.3. The van der Waals surface area contributed by atoms with E-state index < -0.39 is 23.1 Å². The Morgan fingerprint density at radius 2 is 1.81 bits per heavy atom. The van der Waals surface area contributed by atoms with Crippen molar-refractivity contribution in [2.75, 3.05) is 11.4 Å². The Morgan fingerprint density at radius 1 is 1.24 bits per heavy atom. The SMILES string of the molecule is CC(C)(C)NC(=O)C1CC(=O)N(c2cc(F)cc(F)c2)C1. The standard InChI is InChI=1S/C15H18F2N2O2/c1-15(2,3)18-14(21)9-4-13(20)19(8-9)12-6-10(16)5-11(17)7-12/h5-7,9H,4,8H2,1-3H3,(H,18,21). The third kappa shape index (κ3) is 3.77. The molecule has 1 N–H and O–H groups in total. The van der Waals surface area contributed by atoms with Crippen molar-refractivity contribution in [3.8, 4) is 0 Å². The van der Waals surface area contributed by atoms with Crippen molar-refractivity contribution in [1.29, 1.82) is 0 Å². The highest BCUT2D eigenvalue weighted by Crippen LogP contribution is 2.27. The molecule has 0 saturated carbocycles. The van der Waals surface area contributed by atoms with E-state index >= 15 is 0 Å². The second-order valence-electron chi connectivity index (χ2n) is 6.27. The molecule has 1 fully saturated rings. The summed E-state index contributed by atoms with van der Waals surface area (Å²) in [6.07, 6.45) is 0.0417. The van der Waals surface area contributed by atoms with Crippen LogP contribution in [0.3, 0.4) is 0 Å². The van der Waals surface area contributed by atoms with Gasteiger partial charge in [-0.15, -0.1) is 0 Å². The van der Waals surface area contributed by atoms with E-state index in [0.717, 1.165) is 18.2 Å². The minimum atomic E-state index is -0.750. The van der Waals surface area contributed by atoms with Gasteiger partial charge in [-0.3, -0.25) is 9.59 Å². The van der Waals surface area contributed by atoms with Crippen molar-refractivity contribution in [2.24, 2.45) is 5.92 Å². The van der Waals surface area contributed by atoms with Crippen LogP contribution < -0.4 is 10.2 Å². The fraction of sp³-hybridized carbons (Fsp3) is 0.467. The van der Waals surface area contributed by atoms with Gasteiger partial charge >= 0.3 is 0 Å². The molecule has 0 aliphatic carbocycles. The van der Waals surface area contributed by atoms with Gasteiger partial charge in [0.25, 0.3) is 0 Å². The summed E-state index contributed by atoms with van der Waals surface area (Å²) in [6, 6.07) is 2.92. The smallest absolute Gasteiger partial charge is 0.227 e. The number of anilines is 1. The highest BCUT2D eigenvalue weighted by molar-refractivity contribution is 6.00. The molecule has 2 rings (SSSR count). The summed E-state index contributed by atoms with van der Waals surface area (Å²) in [6.45, 7) is 5.67. The quantitative estimate of drug-likeness (QED) is 0.910. The molecule has 2 amide bonds. The van der Waals surface area contributed by atoms with Crippen LogP contribution in [0.2, 0.25) is 0 Å². The van der Waals surface area contributed by atoms with Crippen LogP contribution in [-0.4, -0.2) is 23.9 Å². The number of nitrogens with zero attached hydrogens (tertiary/aromatic N) is 1. The predicted octanol–water partition coefficient (Wildman–Crippen LogP) is 2.23. The molecular formula is C15H18F2N2O2. The Kier molecular flexibility index (Phi) is 3.98. The van der Waals surface area contributed by atoms with Crippen LogP contribution in [-0.2, 0) is 9.59 Å². The van der Waals surface area contributed by atoms with Crippen molar-refractivity contribution < 1.29 is 18.4 Å². The van der Waals surface area contributed by atoms with Crippen LogP contribution in [0, 0.1) is 17.6 Å². The number of carbonyl (C=O) groups excluding carboxylic acids is 2. The van der Waals surface area contributed by atoms with Gasteiger partial charge in [-0.05, 0) is 32.9 Å². The number of benzene rings is 1. The molecule has 1 aromatic rings. The molecule has 1 atom stereocenters.